The molecule has 3 nitrogen and oxygen atoms in total. The molecule has 2 aliphatic rings. The molecular formula is C24H49N3. The summed E-state index contributed by atoms with van der Waals surface area (Å²) in [7, 11) is 0. The van der Waals surface area contributed by atoms with Gasteiger partial charge < -0.3 is 0 Å². The van der Waals surface area contributed by atoms with Crippen LogP contribution in [-0.4, -0.2) is 70.6 Å². The topological polar surface area (TPSA) is 9.72 Å². The number of likely N-dealkylation sites (tertiary alicyclic amines) is 1. The molecule has 1 atom stereocenters. The van der Waals surface area contributed by atoms with Crippen molar-refractivity contribution in [3.05, 3.63) is 0 Å². The summed E-state index contributed by atoms with van der Waals surface area (Å²) < 4.78 is 0. The van der Waals surface area contributed by atoms with Gasteiger partial charge in [-0.15, -0.1) is 0 Å². The molecule has 3 heteroatoms. The van der Waals surface area contributed by atoms with Gasteiger partial charge in [0.2, 0.25) is 0 Å². The molecule has 160 valence electrons. The summed E-state index contributed by atoms with van der Waals surface area (Å²) in [5.41, 5.74) is 0.938. The highest BCUT2D eigenvalue weighted by Crippen LogP contribution is 2.37. The lowest BCUT2D eigenvalue weighted by atomic mass is 9.76. The maximum Gasteiger partial charge on any atom is 0.0155 e. The zero-order valence-electron chi connectivity index (χ0n) is 20.2. The molecule has 0 aromatic carbocycles. The lowest BCUT2D eigenvalue weighted by Crippen LogP contribution is -2.61. The molecule has 0 bridgehead atoms. The van der Waals surface area contributed by atoms with Crippen molar-refractivity contribution in [3.63, 3.8) is 0 Å². The van der Waals surface area contributed by atoms with E-state index in [9.17, 15) is 0 Å². The molecule has 0 saturated carbocycles. The normalized spacial score (nSPS) is 23.7. The van der Waals surface area contributed by atoms with Crippen LogP contribution in [0.4, 0.5) is 0 Å². The maximum atomic E-state index is 2.74. The first-order chi connectivity index (χ1) is 12.2. The minimum atomic E-state index is 0.302. The summed E-state index contributed by atoms with van der Waals surface area (Å²) in [5.74, 6) is 2.57. The number of hydrogen-bond acceptors (Lipinski definition) is 3. The van der Waals surface area contributed by atoms with Crippen molar-refractivity contribution < 1.29 is 0 Å². The van der Waals surface area contributed by atoms with Crippen LogP contribution < -0.4 is 0 Å². The molecule has 2 saturated heterocycles. The maximum absolute atomic E-state index is 2.74. The van der Waals surface area contributed by atoms with Crippen LogP contribution in [0.25, 0.3) is 0 Å². The zero-order valence-corrected chi connectivity index (χ0v) is 20.2. The fourth-order valence-corrected chi connectivity index (χ4v) is 4.79. The summed E-state index contributed by atoms with van der Waals surface area (Å²) in [6.07, 6.45) is 2.58. The van der Waals surface area contributed by atoms with Gasteiger partial charge in [0.05, 0.1) is 0 Å². The van der Waals surface area contributed by atoms with Crippen molar-refractivity contribution in [2.75, 3.05) is 39.3 Å². The van der Waals surface area contributed by atoms with Gasteiger partial charge in [0.25, 0.3) is 0 Å². The number of hydrogen-bond donors (Lipinski definition) is 0. The second-order valence-electron chi connectivity index (χ2n) is 12.0. The van der Waals surface area contributed by atoms with Gasteiger partial charge in [0.1, 0.15) is 0 Å². The average Bonchev–Trinajstić information content (AvgIpc) is 2.50. The number of nitrogens with zero attached hydrogens (tertiary/aromatic N) is 3. The van der Waals surface area contributed by atoms with Crippen molar-refractivity contribution in [1.29, 1.82) is 0 Å². The van der Waals surface area contributed by atoms with E-state index in [2.05, 4.69) is 83.9 Å². The molecule has 1 unspecified atom stereocenters. The van der Waals surface area contributed by atoms with Crippen LogP contribution in [0.1, 0.15) is 82.1 Å². The molecule has 0 N–H and O–H groups in total. The summed E-state index contributed by atoms with van der Waals surface area (Å²) in [4.78, 5) is 8.12. The van der Waals surface area contributed by atoms with Gasteiger partial charge >= 0.3 is 0 Å². The third-order valence-corrected chi connectivity index (χ3v) is 7.99. The van der Waals surface area contributed by atoms with Crippen LogP contribution in [0.5, 0.6) is 0 Å². The van der Waals surface area contributed by atoms with Crippen LogP contribution in [0.2, 0.25) is 0 Å². The predicted molar refractivity (Wildman–Crippen MR) is 119 cm³/mol. The average molecular weight is 380 g/mol. The second-order valence-corrected chi connectivity index (χ2v) is 12.0. The van der Waals surface area contributed by atoms with Gasteiger partial charge in [-0.3, -0.25) is 14.7 Å². The Kier molecular flexibility index (Phi) is 7.14. The molecule has 0 spiro atoms. The van der Waals surface area contributed by atoms with Crippen LogP contribution in [-0.2, 0) is 0 Å². The van der Waals surface area contributed by atoms with Crippen LogP contribution in [0, 0.1) is 17.8 Å². The Labute approximate surface area is 170 Å². The Morgan fingerprint density at radius 1 is 0.667 bits per heavy atom. The quantitative estimate of drug-likeness (QED) is 0.619. The van der Waals surface area contributed by atoms with Crippen molar-refractivity contribution in [2.45, 2.75) is 98.7 Å². The van der Waals surface area contributed by atoms with E-state index in [0.717, 1.165) is 17.8 Å². The molecule has 0 aromatic rings. The fourth-order valence-electron chi connectivity index (χ4n) is 4.79. The van der Waals surface area contributed by atoms with E-state index < -0.39 is 0 Å². The van der Waals surface area contributed by atoms with E-state index in [0.29, 0.717) is 16.6 Å². The van der Waals surface area contributed by atoms with Gasteiger partial charge in [0.15, 0.2) is 0 Å². The van der Waals surface area contributed by atoms with Crippen LogP contribution >= 0.6 is 0 Å². The Balaban J connectivity index is 1.81. The molecule has 2 fully saturated rings. The molecule has 0 aromatic heterocycles. The SMILES string of the molecule is CC(C)C(C)C1CN(C(C)(C)CCC(C)(C)N2CCN(C(C)(C)C)CC2)C1. The van der Waals surface area contributed by atoms with Gasteiger partial charge in [0, 0.05) is 55.9 Å². The third kappa shape index (κ3) is 5.70. The molecule has 0 amide bonds. The minimum absolute atomic E-state index is 0.302. The monoisotopic (exact) mass is 379 g/mol. The summed E-state index contributed by atoms with van der Waals surface area (Å²) >= 11 is 0. The standard InChI is InChI=1S/C24H49N3/c1-19(2)20(3)21-17-27(18-21)24(9,10)12-11-23(7,8)26-15-13-25(14-16-26)22(4,5)6/h19-21H,11-18H2,1-10H3. The zero-order chi connectivity index (χ0) is 20.6. The summed E-state index contributed by atoms with van der Waals surface area (Å²) in [6.45, 7) is 31.5. The lowest BCUT2D eigenvalue weighted by molar-refractivity contribution is -0.0416. The smallest absolute Gasteiger partial charge is 0.0155 e. The highest BCUT2D eigenvalue weighted by Gasteiger charge is 2.41. The minimum Gasteiger partial charge on any atom is -0.298 e. The highest BCUT2D eigenvalue weighted by atomic mass is 15.3. The fraction of sp³-hybridized carbons (Fsp3) is 1.00. The highest BCUT2D eigenvalue weighted by molar-refractivity contribution is 4.96. The molecule has 2 rings (SSSR count). The van der Waals surface area contributed by atoms with Gasteiger partial charge in [-0.05, 0) is 79.1 Å². The van der Waals surface area contributed by atoms with E-state index in [1.165, 1.54) is 52.1 Å². The Hall–Kier alpha value is -0.120. The number of rotatable bonds is 7. The molecule has 2 heterocycles. The molecule has 0 aliphatic carbocycles. The summed E-state index contributed by atoms with van der Waals surface area (Å²) in [5, 5.41) is 0. The van der Waals surface area contributed by atoms with Crippen LogP contribution in [0.15, 0.2) is 0 Å². The summed E-state index contributed by atoms with van der Waals surface area (Å²) in [6, 6.07) is 0. The van der Waals surface area contributed by atoms with E-state index in [1.807, 2.05) is 0 Å². The van der Waals surface area contributed by atoms with E-state index in [4.69, 9.17) is 0 Å². The molecule has 2 aliphatic heterocycles. The van der Waals surface area contributed by atoms with Crippen molar-refractivity contribution in [1.82, 2.24) is 14.7 Å². The van der Waals surface area contributed by atoms with E-state index in [-0.39, 0.29) is 0 Å². The third-order valence-electron chi connectivity index (χ3n) is 7.99. The number of piperazine rings is 1. The van der Waals surface area contributed by atoms with E-state index in [1.54, 1.807) is 0 Å². The van der Waals surface area contributed by atoms with E-state index >= 15 is 0 Å². The Bertz CT molecular complexity index is 461. The first-order valence-electron chi connectivity index (χ1n) is 11.5. The second kappa shape index (κ2) is 8.32. The first kappa shape index (κ1) is 23.2. The van der Waals surface area contributed by atoms with Gasteiger partial charge in [-0.25, -0.2) is 0 Å². The molecule has 0 radical (unpaired) electrons. The Morgan fingerprint density at radius 2 is 1.07 bits per heavy atom. The van der Waals surface area contributed by atoms with Crippen molar-refractivity contribution >= 4 is 0 Å². The molecule has 27 heavy (non-hydrogen) atoms. The predicted octanol–water partition coefficient (Wildman–Crippen LogP) is 4.96. The van der Waals surface area contributed by atoms with Gasteiger partial charge in [-0.1, -0.05) is 20.8 Å². The molecular weight excluding hydrogens is 330 g/mol. The Morgan fingerprint density at radius 3 is 1.48 bits per heavy atom. The van der Waals surface area contributed by atoms with Crippen LogP contribution in [0.3, 0.4) is 0 Å². The van der Waals surface area contributed by atoms with Crippen molar-refractivity contribution in [2.24, 2.45) is 17.8 Å². The van der Waals surface area contributed by atoms with Crippen molar-refractivity contribution in [3.8, 4) is 0 Å². The first-order valence-corrected chi connectivity index (χ1v) is 11.5. The largest absolute Gasteiger partial charge is 0.298 e. The van der Waals surface area contributed by atoms with Gasteiger partial charge in [-0.2, -0.15) is 0 Å². The lowest BCUT2D eigenvalue weighted by Gasteiger charge is -2.53.